The lowest BCUT2D eigenvalue weighted by Crippen LogP contribution is -2.47. The third kappa shape index (κ3) is 2.67. The van der Waals surface area contributed by atoms with Crippen molar-refractivity contribution in [3.8, 4) is 17.1 Å². The molecule has 2 aliphatic rings. The fourth-order valence-corrected chi connectivity index (χ4v) is 4.40. The molecule has 0 saturated carbocycles. The molecule has 2 aromatic heterocycles. The minimum Gasteiger partial charge on any atom is -0.508 e. The van der Waals surface area contributed by atoms with Crippen molar-refractivity contribution in [3.63, 3.8) is 0 Å². The first-order valence-corrected chi connectivity index (χ1v) is 10.2. The predicted octanol–water partition coefficient (Wildman–Crippen LogP) is 2.75. The summed E-state index contributed by atoms with van der Waals surface area (Å²) in [5.74, 6) is -1.08. The summed E-state index contributed by atoms with van der Waals surface area (Å²) in [5, 5.41) is 10.5. The van der Waals surface area contributed by atoms with E-state index in [-0.39, 0.29) is 30.8 Å². The van der Waals surface area contributed by atoms with Gasteiger partial charge in [-0.2, -0.15) is 0 Å². The SMILES string of the molecule is CCC(=O)O[C@]1(CC)C(=O)OCc2c1cc1n(c2=O)Cc2cc3cc(O)ccc3nc2-1. The van der Waals surface area contributed by atoms with Gasteiger partial charge in [0.05, 0.1) is 29.0 Å². The molecule has 1 aromatic carbocycles. The van der Waals surface area contributed by atoms with E-state index in [2.05, 4.69) is 0 Å². The van der Waals surface area contributed by atoms with Gasteiger partial charge in [0.1, 0.15) is 12.4 Å². The minimum atomic E-state index is -1.65. The summed E-state index contributed by atoms with van der Waals surface area (Å²) >= 11 is 0. The number of fused-ring (bicyclic) bond motifs is 5. The van der Waals surface area contributed by atoms with Crippen LogP contribution in [0.3, 0.4) is 0 Å². The van der Waals surface area contributed by atoms with Crippen molar-refractivity contribution in [2.24, 2.45) is 0 Å². The lowest BCUT2D eigenvalue weighted by atomic mass is 9.85. The van der Waals surface area contributed by atoms with Gasteiger partial charge in [-0.15, -0.1) is 0 Å². The third-order valence-corrected chi connectivity index (χ3v) is 6.04. The Balaban J connectivity index is 1.76. The summed E-state index contributed by atoms with van der Waals surface area (Å²) < 4.78 is 12.5. The summed E-state index contributed by atoms with van der Waals surface area (Å²) in [6, 6.07) is 8.52. The zero-order valence-electron chi connectivity index (χ0n) is 17.1. The first kappa shape index (κ1) is 19.3. The van der Waals surface area contributed by atoms with Crippen molar-refractivity contribution in [1.29, 1.82) is 0 Å². The van der Waals surface area contributed by atoms with Crippen LogP contribution in [-0.4, -0.2) is 26.6 Å². The highest BCUT2D eigenvalue weighted by molar-refractivity contribution is 5.88. The Hall–Kier alpha value is -3.68. The van der Waals surface area contributed by atoms with E-state index >= 15 is 0 Å². The maximum absolute atomic E-state index is 13.4. The van der Waals surface area contributed by atoms with Crippen LogP contribution in [0.25, 0.3) is 22.3 Å². The normalized spacial score (nSPS) is 18.8. The second kappa shape index (κ2) is 6.66. The first-order valence-electron chi connectivity index (χ1n) is 10.2. The van der Waals surface area contributed by atoms with E-state index in [1.165, 1.54) is 0 Å². The molecule has 0 saturated heterocycles. The summed E-state index contributed by atoms with van der Waals surface area (Å²) in [4.78, 5) is 43.0. The number of nitrogens with zero attached hydrogens (tertiary/aromatic N) is 2. The summed E-state index contributed by atoms with van der Waals surface area (Å²) in [6.07, 6.45) is 0.238. The zero-order valence-corrected chi connectivity index (χ0v) is 17.1. The smallest absolute Gasteiger partial charge is 0.355 e. The molecule has 0 bridgehead atoms. The average molecular weight is 420 g/mol. The highest BCUT2D eigenvalue weighted by Gasteiger charge is 2.50. The van der Waals surface area contributed by atoms with Crippen molar-refractivity contribution in [3.05, 3.63) is 57.4 Å². The Morgan fingerprint density at radius 2 is 2.06 bits per heavy atom. The number of esters is 2. The van der Waals surface area contributed by atoms with Crippen LogP contribution >= 0.6 is 0 Å². The predicted molar refractivity (Wildman–Crippen MR) is 110 cm³/mol. The van der Waals surface area contributed by atoms with Gasteiger partial charge >= 0.3 is 11.9 Å². The Kier molecular flexibility index (Phi) is 4.15. The average Bonchev–Trinajstić information content (AvgIpc) is 3.12. The van der Waals surface area contributed by atoms with E-state index in [9.17, 15) is 19.5 Å². The van der Waals surface area contributed by atoms with Gasteiger partial charge in [0.15, 0.2) is 0 Å². The van der Waals surface area contributed by atoms with Crippen molar-refractivity contribution in [1.82, 2.24) is 9.55 Å². The van der Waals surface area contributed by atoms with Gasteiger partial charge in [0.2, 0.25) is 5.60 Å². The molecular weight excluding hydrogens is 400 g/mol. The zero-order chi connectivity index (χ0) is 21.9. The number of aromatic hydroxyl groups is 1. The molecule has 4 heterocycles. The van der Waals surface area contributed by atoms with Gasteiger partial charge in [-0.05, 0) is 36.8 Å². The maximum Gasteiger partial charge on any atom is 0.355 e. The molecular formula is C23H20N2O6. The van der Waals surface area contributed by atoms with E-state index < -0.39 is 17.5 Å². The molecule has 158 valence electrons. The molecule has 0 fully saturated rings. The van der Waals surface area contributed by atoms with Gasteiger partial charge < -0.3 is 19.1 Å². The number of phenolic OH excluding ortho intramolecular Hbond substituents is 1. The number of carbonyl (C=O) groups excluding carboxylic acids is 2. The monoisotopic (exact) mass is 420 g/mol. The number of hydrogen-bond acceptors (Lipinski definition) is 7. The number of benzene rings is 1. The number of rotatable bonds is 3. The number of pyridine rings is 2. The number of carbonyl (C=O) groups is 2. The topological polar surface area (TPSA) is 108 Å². The van der Waals surface area contributed by atoms with E-state index in [0.29, 0.717) is 34.6 Å². The van der Waals surface area contributed by atoms with E-state index in [1.54, 1.807) is 42.7 Å². The summed E-state index contributed by atoms with van der Waals surface area (Å²) in [6.45, 7) is 3.51. The minimum absolute atomic E-state index is 0.0948. The van der Waals surface area contributed by atoms with Crippen LogP contribution in [0.2, 0.25) is 0 Å². The molecule has 1 atom stereocenters. The highest BCUT2D eigenvalue weighted by Crippen LogP contribution is 2.41. The Morgan fingerprint density at radius 3 is 2.81 bits per heavy atom. The van der Waals surface area contributed by atoms with Gasteiger partial charge in [0, 0.05) is 22.9 Å². The van der Waals surface area contributed by atoms with Gasteiger partial charge in [-0.1, -0.05) is 13.8 Å². The van der Waals surface area contributed by atoms with Crippen LogP contribution in [0.5, 0.6) is 5.75 Å². The number of hydrogen-bond donors (Lipinski definition) is 1. The lowest BCUT2D eigenvalue weighted by Gasteiger charge is -2.35. The first-order chi connectivity index (χ1) is 14.9. The largest absolute Gasteiger partial charge is 0.508 e. The molecule has 2 aliphatic heterocycles. The van der Waals surface area contributed by atoms with Crippen LogP contribution in [-0.2, 0) is 37.8 Å². The van der Waals surface area contributed by atoms with Crippen molar-refractivity contribution in [2.75, 3.05) is 0 Å². The molecule has 0 radical (unpaired) electrons. The lowest BCUT2D eigenvalue weighted by molar-refractivity contribution is -0.189. The molecule has 8 heteroatoms. The second-order valence-corrected chi connectivity index (χ2v) is 7.77. The van der Waals surface area contributed by atoms with E-state index in [1.807, 2.05) is 6.07 Å². The van der Waals surface area contributed by atoms with Crippen LogP contribution < -0.4 is 5.56 Å². The number of aromatic nitrogens is 2. The molecule has 0 unspecified atom stereocenters. The fourth-order valence-electron chi connectivity index (χ4n) is 4.40. The van der Waals surface area contributed by atoms with Crippen molar-refractivity contribution in [2.45, 2.75) is 45.4 Å². The van der Waals surface area contributed by atoms with Crippen molar-refractivity contribution >= 4 is 22.8 Å². The van der Waals surface area contributed by atoms with Gasteiger partial charge in [0.25, 0.3) is 5.56 Å². The second-order valence-electron chi connectivity index (χ2n) is 7.77. The van der Waals surface area contributed by atoms with Crippen LogP contribution in [0.4, 0.5) is 0 Å². The van der Waals surface area contributed by atoms with E-state index in [0.717, 1.165) is 10.9 Å². The molecule has 3 aromatic rings. The van der Waals surface area contributed by atoms with Crippen molar-refractivity contribution < 1.29 is 24.2 Å². The molecule has 8 nitrogen and oxygen atoms in total. The van der Waals surface area contributed by atoms with Crippen LogP contribution in [0, 0.1) is 0 Å². The quantitative estimate of drug-likeness (QED) is 0.508. The Morgan fingerprint density at radius 1 is 1.26 bits per heavy atom. The number of ether oxygens (including phenoxy) is 2. The molecule has 0 amide bonds. The Labute approximate surface area is 177 Å². The fraction of sp³-hybridized carbons (Fsp3) is 0.304. The standard InChI is InChI=1S/C23H20N2O6/c1-3-19(27)31-23(4-2)16-9-18-20-13(7-12-8-14(26)5-6-17(12)24-20)10-25(18)21(28)15(16)11-30-22(23)29/h5-9,26H,3-4,10-11H2,1-2H3/t23-/m0/s1. The maximum atomic E-state index is 13.4. The molecule has 0 spiro atoms. The summed E-state index contributed by atoms with van der Waals surface area (Å²) in [7, 11) is 0. The Bertz CT molecular complexity index is 1340. The molecule has 1 N–H and O–H groups in total. The van der Waals surface area contributed by atoms with E-state index in [4.69, 9.17) is 14.5 Å². The molecule has 5 rings (SSSR count). The molecule has 31 heavy (non-hydrogen) atoms. The highest BCUT2D eigenvalue weighted by atomic mass is 16.6. The number of cyclic esters (lactones) is 1. The molecule has 0 aliphatic carbocycles. The third-order valence-electron chi connectivity index (χ3n) is 6.04. The van der Waals surface area contributed by atoms with Gasteiger partial charge in [-0.3, -0.25) is 9.59 Å². The van der Waals surface area contributed by atoms with Gasteiger partial charge in [-0.25, -0.2) is 9.78 Å². The number of phenols is 1. The van der Waals surface area contributed by atoms with Crippen LogP contribution in [0.15, 0.2) is 35.1 Å². The van der Waals surface area contributed by atoms with Crippen LogP contribution in [0.1, 0.15) is 43.4 Å². The summed E-state index contributed by atoms with van der Waals surface area (Å²) in [5.41, 5.74) is 1.42.